The van der Waals surface area contributed by atoms with Gasteiger partial charge in [0.15, 0.2) is 0 Å². The summed E-state index contributed by atoms with van der Waals surface area (Å²) in [5.41, 5.74) is -0.456. The second-order valence-corrected chi connectivity index (χ2v) is 3.15. The van der Waals surface area contributed by atoms with Gasteiger partial charge in [-0.15, -0.1) is 0 Å². The molecule has 0 saturated carbocycles. The lowest BCUT2D eigenvalue weighted by Gasteiger charge is -2.03. The quantitative estimate of drug-likeness (QED) is 0.443. The highest BCUT2D eigenvalue weighted by atomic mass is 19.3. The summed E-state index contributed by atoms with van der Waals surface area (Å²) in [5, 5.41) is 10.6. The number of hydrogen-bond acceptors (Lipinski definition) is 3. The molecule has 0 fully saturated rings. The number of hydrogen-bond donors (Lipinski definition) is 0. The van der Waals surface area contributed by atoms with E-state index in [9.17, 15) is 23.7 Å². The number of nitro groups is 1. The van der Waals surface area contributed by atoms with Gasteiger partial charge in [0.1, 0.15) is 6.29 Å². The van der Waals surface area contributed by atoms with Gasteiger partial charge in [-0.25, -0.2) is 8.78 Å². The van der Waals surface area contributed by atoms with Crippen LogP contribution >= 0.6 is 0 Å². The van der Waals surface area contributed by atoms with Crippen molar-refractivity contribution >= 4 is 12.0 Å². The molecule has 0 radical (unpaired) electrons. The molecule has 0 amide bonds. The molecule has 0 atom stereocenters. The van der Waals surface area contributed by atoms with Crippen molar-refractivity contribution in [2.45, 2.75) is 19.3 Å². The Morgan fingerprint density at radius 2 is 2.12 bits per heavy atom. The third-order valence-corrected chi connectivity index (χ3v) is 2.09. The first kappa shape index (κ1) is 12.2. The largest absolute Gasteiger partial charge is 0.303 e. The fourth-order valence-corrected chi connectivity index (χ4v) is 1.31. The molecule has 4 nitrogen and oxygen atoms in total. The number of halogens is 2. The van der Waals surface area contributed by atoms with Crippen molar-refractivity contribution in [2.75, 3.05) is 0 Å². The fourth-order valence-electron chi connectivity index (χ4n) is 1.31. The van der Waals surface area contributed by atoms with E-state index in [4.69, 9.17) is 0 Å². The number of aryl methyl sites for hydroxylation is 1. The van der Waals surface area contributed by atoms with Crippen molar-refractivity contribution < 1.29 is 18.5 Å². The van der Waals surface area contributed by atoms with Crippen LogP contribution in [0, 0.1) is 10.1 Å². The summed E-state index contributed by atoms with van der Waals surface area (Å²) < 4.78 is 24.6. The van der Waals surface area contributed by atoms with Gasteiger partial charge >= 0.3 is 0 Å². The number of alkyl halides is 2. The zero-order chi connectivity index (χ0) is 12.1. The van der Waals surface area contributed by atoms with E-state index in [2.05, 4.69) is 0 Å². The molecule has 16 heavy (non-hydrogen) atoms. The minimum atomic E-state index is -2.74. The number of aldehydes is 1. The van der Waals surface area contributed by atoms with Gasteiger partial charge in [0.25, 0.3) is 12.1 Å². The summed E-state index contributed by atoms with van der Waals surface area (Å²) in [4.78, 5) is 20.1. The predicted octanol–water partition coefficient (Wildman–Crippen LogP) is 2.66. The molecule has 1 aromatic rings. The van der Waals surface area contributed by atoms with Gasteiger partial charge in [0, 0.05) is 23.6 Å². The Hall–Kier alpha value is -1.85. The average molecular weight is 229 g/mol. The third kappa shape index (κ3) is 2.82. The number of carbonyl (C=O) groups excluding carboxylic acids is 1. The van der Waals surface area contributed by atoms with Crippen LogP contribution in [0.2, 0.25) is 0 Å². The number of benzene rings is 1. The SMILES string of the molecule is O=CCCc1ccc(C(F)F)cc1[N+](=O)[O-]. The molecule has 0 bridgehead atoms. The lowest BCUT2D eigenvalue weighted by Crippen LogP contribution is -1.98. The molecular weight excluding hydrogens is 220 g/mol. The summed E-state index contributed by atoms with van der Waals surface area (Å²) in [7, 11) is 0. The van der Waals surface area contributed by atoms with E-state index in [1.807, 2.05) is 0 Å². The minimum absolute atomic E-state index is 0.134. The van der Waals surface area contributed by atoms with Crippen LogP contribution < -0.4 is 0 Å². The van der Waals surface area contributed by atoms with E-state index >= 15 is 0 Å². The highest BCUT2D eigenvalue weighted by Crippen LogP contribution is 2.27. The van der Waals surface area contributed by atoms with Crippen molar-refractivity contribution in [2.24, 2.45) is 0 Å². The highest BCUT2D eigenvalue weighted by Gasteiger charge is 2.17. The van der Waals surface area contributed by atoms with Gasteiger partial charge in [-0.2, -0.15) is 0 Å². The van der Waals surface area contributed by atoms with Crippen LogP contribution in [0.4, 0.5) is 14.5 Å². The van der Waals surface area contributed by atoms with Crippen LogP contribution in [-0.2, 0) is 11.2 Å². The second kappa shape index (κ2) is 5.29. The van der Waals surface area contributed by atoms with E-state index in [1.165, 1.54) is 6.07 Å². The van der Waals surface area contributed by atoms with Crippen LogP contribution in [0.25, 0.3) is 0 Å². The Kier molecular flexibility index (Phi) is 4.04. The standard InChI is InChI=1S/C10H9F2NO3/c11-10(12)8-4-3-7(2-1-5-14)9(6-8)13(15)16/h3-6,10H,1-2H2. The van der Waals surface area contributed by atoms with E-state index in [0.29, 0.717) is 11.8 Å². The summed E-state index contributed by atoms with van der Waals surface area (Å²) in [6, 6.07) is 3.26. The van der Waals surface area contributed by atoms with E-state index in [-0.39, 0.29) is 24.1 Å². The predicted molar refractivity (Wildman–Crippen MR) is 52.4 cm³/mol. The molecule has 0 aliphatic rings. The van der Waals surface area contributed by atoms with Crippen LogP contribution in [-0.4, -0.2) is 11.2 Å². The molecule has 1 aromatic carbocycles. The minimum Gasteiger partial charge on any atom is -0.303 e. The molecule has 1 rings (SSSR count). The first-order valence-electron chi connectivity index (χ1n) is 4.55. The summed E-state index contributed by atoms with van der Waals surface area (Å²) >= 11 is 0. The molecule has 6 heteroatoms. The Labute approximate surface area is 90.0 Å². The topological polar surface area (TPSA) is 60.2 Å². The molecule has 0 spiro atoms. The van der Waals surface area contributed by atoms with E-state index < -0.39 is 11.3 Å². The maximum Gasteiger partial charge on any atom is 0.273 e. The lowest BCUT2D eigenvalue weighted by molar-refractivity contribution is -0.385. The highest BCUT2D eigenvalue weighted by molar-refractivity contribution is 5.52. The number of nitro benzene ring substituents is 1. The van der Waals surface area contributed by atoms with Crippen LogP contribution in [0.3, 0.4) is 0 Å². The zero-order valence-corrected chi connectivity index (χ0v) is 8.23. The van der Waals surface area contributed by atoms with Gasteiger partial charge in [-0.05, 0) is 6.42 Å². The Morgan fingerprint density at radius 1 is 1.44 bits per heavy atom. The number of nitrogens with zero attached hydrogens (tertiary/aromatic N) is 1. The molecule has 0 aliphatic heterocycles. The molecule has 86 valence electrons. The summed E-state index contributed by atoms with van der Waals surface area (Å²) in [6.07, 6.45) is -1.79. The lowest BCUT2D eigenvalue weighted by atomic mass is 10.1. The van der Waals surface area contributed by atoms with Crippen molar-refractivity contribution in [3.63, 3.8) is 0 Å². The molecule has 0 unspecified atom stereocenters. The maximum absolute atomic E-state index is 12.3. The molecule has 0 aliphatic carbocycles. The Balaban J connectivity index is 3.09. The van der Waals surface area contributed by atoms with Crippen LogP contribution in [0.5, 0.6) is 0 Å². The van der Waals surface area contributed by atoms with Crippen LogP contribution in [0.1, 0.15) is 24.0 Å². The van der Waals surface area contributed by atoms with Gasteiger partial charge in [-0.1, -0.05) is 12.1 Å². The maximum atomic E-state index is 12.3. The normalized spacial score (nSPS) is 10.4. The van der Waals surface area contributed by atoms with E-state index in [1.54, 1.807) is 0 Å². The summed E-state index contributed by atoms with van der Waals surface area (Å²) in [5.74, 6) is 0. The van der Waals surface area contributed by atoms with Crippen molar-refractivity contribution in [1.82, 2.24) is 0 Å². The number of rotatable bonds is 5. The molecule has 0 aromatic heterocycles. The van der Waals surface area contributed by atoms with Crippen LogP contribution in [0.15, 0.2) is 18.2 Å². The first-order valence-corrected chi connectivity index (χ1v) is 4.55. The third-order valence-electron chi connectivity index (χ3n) is 2.09. The Bertz CT molecular complexity index is 407. The van der Waals surface area contributed by atoms with Crippen molar-refractivity contribution in [3.05, 3.63) is 39.4 Å². The van der Waals surface area contributed by atoms with Gasteiger partial charge in [0.05, 0.1) is 4.92 Å². The molecule has 0 saturated heterocycles. The summed E-state index contributed by atoms with van der Waals surface area (Å²) in [6.45, 7) is 0. The first-order chi connectivity index (χ1) is 7.56. The number of carbonyl (C=O) groups is 1. The average Bonchev–Trinajstić information content (AvgIpc) is 2.25. The van der Waals surface area contributed by atoms with Gasteiger partial charge in [0.2, 0.25) is 0 Å². The fraction of sp³-hybridized carbons (Fsp3) is 0.300. The van der Waals surface area contributed by atoms with Gasteiger partial charge < -0.3 is 4.79 Å². The van der Waals surface area contributed by atoms with E-state index in [0.717, 1.165) is 12.1 Å². The zero-order valence-electron chi connectivity index (χ0n) is 8.23. The van der Waals surface area contributed by atoms with Crippen molar-refractivity contribution in [1.29, 1.82) is 0 Å². The van der Waals surface area contributed by atoms with Gasteiger partial charge in [-0.3, -0.25) is 10.1 Å². The monoisotopic (exact) mass is 229 g/mol. The molecule has 0 heterocycles. The smallest absolute Gasteiger partial charge is 0.273 e. The second-order valence-electron chi connectivity index (χ2n) is 3.15. The molecular formula is C10H9F2NO3. The Morgan fingerprint density at radius 3 is 2.62 bits per heavy atom. The molecule has 0 N–H and O–H groups in total. The van der Waals surface area contributed by atoms with Crippen molar-refractivity contribution in [3.8, 4) is 0 Å².